The first-order valence-corrected chi connectivity index (χ1v) is 6.35. The van der Waals surface area contributed by atoms with Gasteiger partial charge < -0.3 is 10.1 Å². The van der Waals surface area contributed by atoms with Gasteiger partial charge in [0, 0.05) is 6.54 Å². The summed E-state index contributed by atoms with van der Waals surface area (Å²) in [5, 5.41) is 8.71. The van der Waals surface area contributed by atoms with Crippen molar-refractivity contribution < 1.29 is 9.90 Å². The number of carbonyl (C=O) groups is 1. The Morgan fingerprint density at radius 2 is 2.26 bits per heavy atom. The van der Waals surface area contributed by atoms with Crippen molar-refractivity contribution in [2.45, 2.75) is 26.3 Å². The van der Waals surface area contributed by atoms with Crippen LogP contribution in [0.2, 0.25) is 0 Å². The molecule has 0 saturated carbocycles. The average Bonchev–Trinajstić information content (AvgIpc) is 2.77. The van der Waals surface area contributed by atoms with Gasteiger partial charge in [-0.1, -0.05) is 6.07 Å². The minimum atomic E-state index is -0.778. The van der Waals surface area contributed by atoms with Crippen molar-refractivity contribution in [3.63, 3.8) is 0 Å². The zero-order valence-electron chi connectivity index (χ0n) is 11.5. The Bertz CT molecular complexity index is 591. The molecule has 2 rings (SSSR count). The number of carboxylic acid groups (broad SMARTS) is 1. The fourth-order valence-electron chi connectivity index (χ4n) is 2.02. The van der Waals surface area contributed by atoms with E-state index in [-0.39, 0.29) is 12.5 Å². The quantitative estimate of drug-likeness (QED) is 0.866. The molecular formula is C14H19N3O2. The van der Waals surface area contributed by atoms with Crippen molar-refractivity contribution >= 4 is 17.0 Å². The van der Waals surface area contributed by atoms with Crippen LogP contribution in [0.5, 0.6) is 0 Å². The van der Waals surface area contributed by atoms with E-state index in [1.807, 2.05) is 37.9 Å². The highest BCUT2D eigenvalue weighted by molar-refractivity contribution is 5.75. The number of benzene rings is 1. The summed E-state index contributed by atoms with van der Waals surface area (Å²) < 4.78 is 0. The molecule has 0 fully saturated rings. The molecule has 0 saturated heterocycles. The van der Waals surface area contributed by atoms with Crippen molar-refractivity contribution in [2.75, 3.05) is 13.6 Å². The monoisotopic (exact) mass is 261 g/mol. The molecule has 0 bridgehead atoms. The minimum Gasteiger partial charge on any atom is -0.481 e. The van der Waals surface area contributed by atoms with Gasteiger partial charge in [-0.05, 0) is 38.6 Å². The molecule has 0 aliphatic carbocycles. The molecule has 5 heteroatoms. The number of fused-ring (bicyclic) bond motifs is 1. The van der Waals surface area contributed by atoms with Crippen LogP contribution >= 0.6 is 0 Å². The Morgan fingerprint density at radius 3 is 2.95 bits per heavy atom. The maximum absolute atomic E-state index is 10.6. The van der Waals surface area contributed by atoms with Crippen LogP contribution in [0.15, 0.2) is 18.2 Å². The van der Waals surface area contributed by atoms with Crippen LogP contribution in [0.3, 0.4) is 0 Å². The van der Waals surface area contributed by atoms with Gasteiger partial charge in [0.05, 0.1) is 23.5 Å². The van der Waals surface area contributed by atoms with Crippen LogP contribution in [0.25, 0.3) is 11.0 Å². The normalized spacial score (nSPS) is 13.1. The number of hydrogen-bond acceptors (Lipinski definition) is 3. The van der Waals surface area contributed by atoms with E-state index >= 15 is 0 Å². The lowest BCUT2D eigenvalue weighted by molar-refractivity contribution is -0.137. The Balaban J connectivity index is 2.16. The number of hydrogen-bond donors (Lipinski definition) is 2. The van der Waals surface area contributed by atoms with E-state index in [2.05, 4.69) is 16.0 Å². The van der Waals surface area contributed by atoms with E-state index in [4.69, 9.17) is 5.11 Å². The average molecular weight is 261 g/mol. The van der Waals surface area contributed by atoms with Crippen molar-refractivity contribution in [1.29, 1.82) is 0 Å². The van der Waals surface area contributed by atoms with Gasteiger partial charge in [-0.25, -0.2) is 4.98 Å². The number of rotatable bonds is 5. The van der Waals surface area contributed by atoms with E-state index < -0.39 is 5.97 Å². The molecule has 0 spiro atoms. The van der Waals surface area contributed by atoms with Crippen molar-refractivity contribution in [1.82, 2.24) is 14.9 Å². The molecule has 0 aliphatic heterocycles. The molecule has 5 nitrogen and oxygen atoms in total. The molecule has 1 aromatic carbocycles. The predicted molar refractivity (Wildman–Crippen MR) is 74.1 cm³/mol. The lowest BCUT2D eigenvalue weighted by Gasteiger charge is -2.21. The largest absolute Gasteiger partial charge is 0.481 e. The second kappa shape index (κ2) is 5.40. The zero-order valence-corrected chi connectivity index (χ0v) is 11.5. The van der Waals surface area contributed by atoms with Gasteiger partial charge in [-0.15, -0.1) is 0 Å². The topological polar surface area (TPSA) is 69.2 Å². The first-order chi connectivity index (χ1) is 8.97. The second-order valence-corrected chi connectivity index (χ2v) is 4.94. The Kier molecular flexibility index (Phi) is 3.85. The number of nitrogens with one attached hydrogen (secondary N) is 1. The minimum absolute atomic E-state index is 0.0621. The highest BCUT2D eigenvalue weighted by Gasteiger charge is 2.16. The summed E-state index contributed by atoms with van der Waals surface area (Å²) in [5.74, 6) is 0.0905. The maximum atomic E-state index is 10.6. The van der Waals surface area contributed by atoms with Crippen LogP contribution in [0.1, 0.15) is 30.8 Å². The molecular weight excluding hydrogens is 242 g/mol. The Morgan fingerprint density at radius 1 is 1.53 bits per heavy atom. The summed E-state index contributed by atoms with van der Waals surface area (Å²) >= 11 is 0. The molecule has 2 N–H and O–H groups in total. The molecule has 19 heavy (non-hydrogen) atoms. The lowest BCUT2D eigenvalue weighted by Crippen LogP contribution is -2.25. The van der Waals surface area contributed by atoms with Gasteiger partial charge in [0.2, 0.25) is 0 Å². The van der Waals surface area contributed by atoms with E-state index in [0.717, 1.165) is 16.9 Å². The smallest absolute Gasteiger partial charge is 0.304 e. The highest BCUT2D eigenvalue weighted by atomic mass is 16.4. The lowest BCUT2D eigenvalue weighted by atomic mass is 10.2. The summed E-state index contributed by atoms with van der Waals surface area (Å²) in [6, 6.07) is 6.16. The number of imidazole rings is 1. The molecule has 2 aromatic rings. The SMILES string of the molecule is Cc1ccc2nc(C(C)N(C)CCC(=O)O)[nH]c2c1. The molecule has 0 amide bonds. The van der Waals surface area contributed by atoms with Crippen molar-refractivity contribution in [2.24, 2.45) is 0 Å². The summed E-state index contributed by atoms with van der Waals surface area (Å²) in [7, 11) is 1.91. The first kappa shape index (κ1) is 13.5. The summed E-state index contributed by atoms with van der Waals surface area (Å²) in [4.78, 5) is 20.4. The molecule has 1 heterocycles. The van der Waals surface area contributed by atoms with Gasteiger partial charge in [-0.2, -0.15) is 0 Å². The van der Waals surface area contributed by atoms with Crippen molar-refractivity contribution in [3.05, 3.63) is 29.6 Å². The van der Waals surface area contributed by atoms with Gasteiger partial charge in [0.1, 0.15) is 5.82 Å². The number of carboxylic acids is 1. The van der Waals surface area contributed by atoms with Crippen LogP contribution < -0.4 is 0 Å². The third-order valence-corrected chi connectivity index (χ3v) is 3.39. The Labute approximate surface area is 112 Å². The van der Waals surface area contributed by atoms with Crippen LogP contribution in [0, 0.1) is 6.92 Å². The molecule has 1 atom stereocenters. The van der Waals surface area contributed by atoms with Crippen LogP contribution in [-0.2, 0) is 4.79 Å². The number of aromatic nitrogens is 2. The Hall–Kier alpha value is -1.88. The number of nitrogens with zero attached hydrogens (tertiary/aromatic N) is 2. The molecule has 1 unspecified atom stereocenters. The fraction of sp³-hybridized carbons (Fsp3) is 0.429. The molecule has 1 aromatic heterocycles. The molecule has 102 valence electrons. The number of aryl methyl sites for hydroxylation is 1. The maximum Gasteiger partial charge on any atom is 0.304 e. The van der Waals surface area contributed by atoms with Crippen LogP contribution in [-0.4, -0.2) is 39.5 Å². The number of aromatic amines is 1. The van der Waals surface area contributed by atoms with Gasteiger partial charge in [0.25, 0.3) is 0 Å². The van der Waals surface area contributed by atoms with E-state index in [1.165, 1.54) is 5.56 Å². The number of aliphatic carboxylic acids is 1. The highest BCUT2D eigenvalue weighted by Crippen LogP contribution is 2.20. The van der Waals surface area contributed by atoms with E-state index in [1.54, 1.807) is 0 Å². The third kappa shape index (κ3) is 3.12. The fourth-order valence-corrected chi connectivity index (χ4v) is 2.02. The summed E-state index contributed by atoms with van der Waals surface area (Å²) in [6.07, 6.45) is 0.139. The summed E-state index contributed by atoms with van der Waals surface area (Å²) in [6.45, 7) is 4.57. The van der Waals surface area contributed by atoms with E-state index in [0.29, 0.717) is 6.54 Å². The van der Waals surface area contributed by atoms with Crippen LogP contribution in [0.4, 0.5) is 0 Å². The van der Waals surface area contributed by atoms with Gasteiger partial charge in [-0.3, -0.25) is 9.69 Å². The first-order valence-electron chi connectivity index (χ1n) is 6.35. The molecule has 0 radical (unpaired) electrons. The van der Waals surface area contributed by atoms with E-state index in [9.17, 15) is 4.79 Å². The molecule has 0 aliphatic rings. The summed E-state index contributed by atoms with van der Waals surface area (Å²) in [5.41, 5.74) is 3.15. The second-order valence-electron chi connectivity index (χ2n) is 4.94. The third-order valence-electron chi connectivity index (χ3n) is 3.39. The van der Waals surface area contributed by atoms with Gasteiger partial charge >= 0.3 is 5.97 Å². The standard InChI is InChI=1S/C14H19N3O2/c1-9-4-5-11-12(8-9)16-14(15-11)10(2)17(3)7-6-13(18)19/h4-5,8,10H,6-7H2,1-3H3,(H,15,16)(H,18,19). The van der Waals surface area contributed by atoms with Crippen molar-refractivity contribution in [3.8, 4) is 0 Å². The predicted octanol–water partition coefficient (Wildman–Crippen LogP) is 2.34. The number of H-pyrrole nitrogens is 1. The zero-order chi connectivity index (χ0) is 14.0. The van der Waals surface area contributed by atoms with Gasteiger partial charge in [0.15, 0.2) is 0 Å².